The molecule has 12 unspecified atom stereocenters. The van der Waals surface area contributed by atoms with E-state index in [0.29, 0.717) is 11.1 Å². The molecule has 644 valence electrons. The maximum atomic E-state index is 14.4. The van der Waals surface area contributed by atoms with Gasteiger partial charge in [-0.3, -0.25) is 96.5 Å². The van der Waals surface area contributed by atoms with Crippen LogP contribution in [-0.4, -0.2) is 266 Å². The second-order valence-corrected chi connectivity index (χ2v) is 26.2. The van der Waals surface area contributed by atoms with Gasteiger partial charge in [-0.2, -0.15) is 13.2 Å². The van der Waals surface area contributed by atoms with Gasteiger partial charge in [0.15, 0.2) is 5.96 Å². The smallest absolute Gasteiger partial charge is 0.481 e. The number of halogens is 3. The van der Waals surface area contributed by atoms with Gasteiger partial charge in [-0.05, 0) is 56.1 Å². The molecule has 1 aliphatic heterocycles. The maximum absolute atomic E-state index is 14.4. The van der Waals surface area contributed by atoms with E-state index in [1.807, 2.05) is 10.6 Å². The number of carboxylic acids is 5. The highest BCUT2D eigenvalue weighted by Gasteiger charge is 2.40. The van der Waals surface area contributed by atoms with E-state index in [9.17, 15) is 135 Å². The van der Waals surface area contributed by atoms with Crippen molar-refractivity contribution >= 4 is 130 Å². The van der Waals surface area contributed by atoms with Crippen molar-refractivity contribution in [3.8, 4) is 0 Å². The van der Waals surface area contributed by atoms with E-state index < -0.39 is 274 Å². The Hall–Kier alpha value is -13.7. The summed E-state index contributed by atoms with van der Waals surface area (Å²) < 4.78 is 31.7. The van der Waals surface area contributed by atoms with Crippen molar-refractivity contribution < 1.29 is 144 Å². The van der Waals surface area contributed by atoms with Crippen LogP contribution in [0.15, 0.2) is 60.7 Å². The lowest BCUT2D eigenvalue weighted by Gasteiger charge is -2.27. The fraction of sp³-hybridized carbons (Fsp3) is 0.500. The summed E-state index contributed by atoms with van der Waals surface area (Å²) in [6.45, 7) is 1.37. The maximum Gasteiger partial charge on any atom is 0.490 e. The van der Waals surface area contributed by atoms with Crippen LogP contribution in [0.5, 0.6) is 0 Å². The van der Waals surface area contributed by atoms with E-state index in [0.717, 1.165) is 0 Å². The minimum absolute atomic E-state index is 0.0662. The largest absolute Gasteiger partial charge is 0.490 e. The van der Waals surface area contributed by atoms with Crippen LogP contribution < -0.4 is 97.0 Å². The van der Waals surface area contributed by atoms with Gasteiger partial charge in [-0.15, -0.1) is 0 Å². The number of nitrogens with two attached hydrogens (primary N) is 3. The zero-order valence-corrected chi connectivity index (χ0v) is 62.9. The summed E-state index contributed by atoms with van der Waals surface area (Å²) in [7, 11) is 0. The molecule has 1 saturated heterocycles. The van der Waals surface area contributed by atoms with Crippen LogP contribution in [0.25, 0.3) is 0 Å². The number of aliphatic hydroxyl groups excluding tert-OH is 1. The molecule has 1 fully saturated rings. The topological polar surface area (TPSA) is 762 Å². The van der Waals surface area contributed by atoms with Crippen LogP contribution in [0.4, 0.5) is 13.2 Å². The molecule has 1 heterocycles. The molecular formula is C68H94F3N19O27. The van der Waals surface area contributed by atoms with Crippen LogP contribution in [0.2, 0.25) is 0 Å². The third-order valence-electron chi connectivity index (χ3n) is 16.3. The number of hydrogen-bond acceptors (Lipinski definition) is 23. The number of alkyl halides is 3. The Morgan fingerprint density at radius 1 is 0.470 bits per heavy atom. The van der Waals surface area contributed by atoms with Crippen molar-refractivity contribution in [2.24, 2.45) is 23.1 Å². The number of guanidine groups is 1. The molecule has 2 aromatic rings. The zero-order chi connectivity index (χ0) is 88.6. The van der Waals surface area contributed by atoms with Crippen LogP contribution in [0, 0.1) is 11.3 Å². The third kappa shape index (κ3) is 39.1. The fourth-order valence-corrected chi connectivity index (χ4v) is 10.3. The van der Waals surface area contributed by atoms with Crippen molar-refractivity contribution in [2.45, 2.75) is 183 Å². The highest BCUT2D eigenvalue weighted by molar-refractivity contribution is 6.02. The molecule has 12 atom stereocenters. The number of aliphatic carboxylic acids is 5. The van der Waals surface area contributed by atoms with Crippen molar-refractivity contribution in [3.05, 3.63) is 71.8 Å². The fourth-order valence-electron chi connectivity index (χ4n) is 10.3. The van der Waals surface area contributed by atoms with Gasteiger partial charge >= 0.3 is 36.0 Å². The molecule has 0 aliphatic carbocycles. The first kappa shape index (κ1) is 99.4. The standard InChI is InChI=1S/C66H93N19O25.C2HF3O2/c1-31(2)53(85-49(91)29-73-55(99)35-16-19-47(89)75-35)64(108)83-42(26-46(68)88)61(105)82-43(27-52(96)97)62(106)81-41(25-45(67)87)60(104)78-37(18-21-51(94)95)57(101)77-36(17-20-50(92)93)56(100)72-28-48(90)76-39(23-33-11-6-4-7-12-33)58(102)80-40(24-34-13-8-5-9-14-34)59(103)84-44(30-86)63(107)74-32(3)54(98)79-38(65(109)110)15-10-22-71-66(69)70;3-2(4,5)1(6)7/h4-9,11-14,31-32,35-44,53,86H,10,15-30H2,1-3H3,(H2,67,87)(H2,68,88)(H,72,100)(H,73,99)(H,74,107)(H,75,89)(H,76,90)(H,77,101)(H,78,104)(H,79,98)(H,80,102)(H,81,106)(H,82,105)(H,83,108)(H,84,103)(H,85,91)(H,92,93)(H,94,95)(H,96,97)(H,109,110)(H4,69,70,71);(H,6,7). The second kappa shape index (κ2) is 49.7. The lowest BCUT2D eigenvalue weighted by Crippen LogP contribution is -2.61. The van der Waals surface area contributed by atoms with Crippen LogP contribution in [0.1, 0.15) is 103 Å². The molecule has 0 spiro atoms. The Morgan fingerprint density at radius 3 is 1.28 bits per heavy atom. The summed E-state index contributed by atoms with van der Waals surface area (Å²) >= 11 is 0. The number of aliphatic hydroxyl groups is 1. The summed E-state index contributed by atoms with van der Waals surface area (Å²) in [6.07, 6.45) is -12.4. The molecular weight excluding hydrogens is 1570 g/mol. The molecule has 117 heavy (non-hydrogen) atoms. The van der Waals surface area contributed by atoms with Crippen molar-refractivity contribution in [1.82, 2.24) is 79.8 Å². The predicted octanol–water partition coefficient (Wildman–Crippen LogP) is -9.08. The van der Waals surface area contributed by atoms with Gasteiger partial charge in [0.2, 0.25) is 94.5 Å². The Labute approximate surface area is 662 Å². The molecule has 0 saturated carbocycles. The second-order valence-electron chi connectivity index (χ2n) is 26.2. The number of carbonyl (C=O) groups is 21. The number of carboxylic acid groups (broad SMARTS) is 5. The normalized spacial score (nSPS) is 14.9. The van der Waals surface area contributed by atoms with E-state index in [1.165, 1.54) is 20.8 Å². The Morgan fingerprint density at radius 2 is 0.863 bits per heavy atom. The Kier molecular flexibility index (Phi) is 42.3. The van der Waals surface area contributed by atoms with Gasteiger partial charge in [0.1, 0.15) is 72.5 Å². The first-order valence-electron chi connectivity index (χ1n) is 35.4. The molecule has 49 heteroatoms. The highest BCUT2D eigenvalue weighted by Crippen LogP contribution is 2.15. The summed E-state index contributed by atoms with van der Waals surface area (Å²) in [5.74, 6) is -28.7. The number of rotatable bonds is 49. The first-order chi connectivity index (χ1) is 54.7. The van der Waals surface area contributed by atoms with Crippen molar-refractivity contribution in [3.63, 3.8) is 0 Å². The summed E-state index contributed by atoms with van der Waals surface area (Å²) in [5.41, 5.74) is 16.8. The van der Waals surface area contributed by atoms with Crippen LogP contribution in [0.3, 0.4) is 0 Å². The Bertz CT molecular complexity index is 3940. The molecule has 0 bridgehead atoms. The summed E-state index contributed by atoms with van der Waals surface area (Å²) in [5, 5.41) is 97.3. The highest BCUT2D eigenvalue weighted by atomic mass is 19.4. The van der Waals surface area contributed by atoms with Crippen LogP contribution in [-0.2, 0) is 114 Å². The van der Waals surface area contributed by atoms with Gasteiger partial charge < -0.3 is 128 Å². The molecule has 28 N–H and O–H groups in total. The summed E-state index contributed by atoms with van der Waals surface area (Å²) in [6, 6.07) is -5.00. The van der Waals surface area contributed by atoms with E-state index in [2.05, 4.69) is 69.1 Å². The number of hydrogen-bond donors (Lipinski definition) is 25. The Balaban J connectivity index is 0.00000631. The summed E-state index contributed by atoms with van der Waals surface area (Å²) in [4.78, 5) is 270. The molecule has 2 aromatic carbocycles. The van der Waals surface area contributed by atoms with Gasteiger partial charge in [-0.25, -0.2) is 9.59 Å². The number of amides is 16. The van der Waals surface area contributed by atoms with Crippen molar-refractivity contribution in [1.29, 1.82) is 5.41 Å². The molecule has 16 amide bonds. The molecule has 1 aliphatic rings. The van der Waals surface area contributed by atoms with E-state index in [-0.39, 0.29) is 51.0 Å². The lowest BCUT2D eigenvalue weighted by molar-refractivity contribution is -0.192. The number of carbonyl (C=O) groups excluding carboxylic acids is 16. The number of primary amides is 2. The predicted molar refractivity (Wildman–Crippen MR) is 390 cm³/mol. The molecule has 3 rings (SSSR count). The van der Waals surface area contributed by atoms with Gasteiger partial charge in [0, 0.05) is 38.6 Å². The lowest BCUT2D eigenvalue weighted by atomic mass is 10.0. The van der Waals surface area contributed by atoms with Gasteiger partial charge in [0.05, 0.1) is 39.0 Å². The monoisotopic (exact) mass is 1670 g/mol. The number of nitrogens with one attached hydrogen (secondary N) is 16. The SMILES string of the molecule is CC(NC(=O)C(CO)NC(=O)C(Cc1ccccc1)NC(=O)C(Cc1ccccc1)NC(=O)CNC(=O)C(CCC(=O)O)NC(=O)C(CCC(=O)O)NC(=O)C(CC(N)=O)NC(=O)C(CC(=O)O)NC(=O)C(CC(N)=O)NC(=O)C(NC(=O)CNC(=O)C1CCC(=O)N1)C(C)C)C(=O)NC(CCCNC(=N)N)C(=O)O.O=C(O)C(F)(F)F. The molecule has 0 aromatic heterocycles. The minimum atomic E-state index is -5.08. The zero-order valence-electron chi connectivity index (χ0n) is 62.9. The van der Waals surface area contributed by atoms with E-state index in [4.69, 9.17) is 32.5 Å². The third-order valence-corrected chi connectivity index (χ3v) is 16.3. The van der Waals surface area contributed by atoms with Gasteiger partial charge in [0.25, 0.3) is 0 Å². The minimum Gasteiger partial charge on any atom is -0.481 e. The average Bonchev–Trinajstić information content (AvgIpc) is 0.994. The number of benzene rings is 2. The first-order valence-corrected chi connectivity index (χ1v) is 35.4. The van der Waals surface area contributed by atoms with E-state index in [1.54, 1.807) is 60.7 Å². The van der Waals surface area contributed by atoms with Gasteiger partial charge in [-0.1, -0.05) is 74.5 Å². The van der Waals surface area contributed by atoms with Crippen LogP contribution >= 0.6 is 0 Å². The van der Waals surface area contributed by atoms with Crippen molar-refractivity contribution in [2.75, 3.05) is 26.2 Å². The average molecular weight is 1670 g/mol. The molecule has 46 nitrogen and oxygen atoms in total. The quantitative estimate of drug-likeness (QED) is 0.0166. The van der Waals surface area contributed by atoms with E-state index >= 15 is 0 Å². The molecule has 0 radical (unpaired) electrons.